The van der Waals surface area contributed by atoms with Crippen LogP contribution in [0.5, 0.6) is 0 Å². The first-order valence-corrected chi connectivity index (χ1v) is 3.75. The zero-order valence-electron chi connectivity index (χ0n) is 5.60. The predicted octanol–water partition coefficient (Wildman–Crippen LogP) is 0.242. The molecule has 9 heavy (non-hydrogen) atoms. The minimum absolute atomic E-state index is 0.832. The molecule has 2 nitrogen and oxygen atoms in total. The van der Waals surface area contributed by atoms with E-state index in [4.69, 9.17) is 4.74 Å². The van der Waals surface area contributed by atoms with Crippen LogP contribution in [0.4, 0.5) is 0 Å². The molecule has 2 heterocycles. The van der Waals surface area contributed by atoms with E-state index in [1.165, 1.54) is 19.5 Å². The number of hydrogen-bond acceptors (Lipinski definition) is 2. The normalized spacial score (nSPS) is 42.7. The smallest absolute Gasteiger partial charge is 0.0509 e. The molecular weight excluding hydrogens is 114 g/mol. The van der Waals surface area contributed by atoms with Crippen LogP contribution in [0.25, 0.3) is 0 Å². The van der Waals surface area contributed by atoms with E-state index in [2.05, 4.69) is 5.32 Å². The second kappa shape index (κ2) is 2.27. The van der Waals surface area contributed by atoms with E-state index in [-0.39, 0.29) is 0 Å². The van der Waals surface area contributed by atoms with E-state index in [1.807, 2.05) is 0 Å². The van der Waals surface area contributed by atoms with Gasteiger partial charge in [0.05, 0.1) is 6.61 Å². The van der Waals surface area contributed by atoms with Crippen LogP contribution in [-0.4, -0.2) is 26.3 Å². The summed E-state index contributed by atoms with van der Waals surface area (Å²) in [6.07, 6.45) is 1.28. The first-order valence-electron chi connectivity index (χ1n) is 3.75. The van der Waals surface area contributed by atoms with Crippen molar-refractivity contribution in [3.63, 3.8) is 0 Å². The van der Waals surface area contributed by atoms with Gasteiger partial charge in [-0.05, 0) is 24.8 Å². The lowest BCUT2D eigenvalue weighted by Gasteiger charge is -2.23. The predicted molar refractivity (Wildman–Crippen MR) is 35.3 cm³/mol. The first kappa shape index (κ1) is 5.69. The van der Waals surface area contributed by atoms with Crippen LogP contribution in [-0.2, 0) is 4.74 Å². The van der Waals surface area contributed by atoms with E-state index < -0.39 is 0 Å². The fraction of sp³-hybridized carbons (Fsp3) is 1.00. The van der Waals surface area contributed by atoms with E-state index >= 15 is 0 Å². The van der Waals surface area contributed by atoms with Crippen molar-refractivity contribution in [1.29, 1.82) is 0 Å². The molecule has 2 atom stereocenters. The minimum Gasteiger partial charge on any atom is -0.381 e. The van der Waals surface area contributed by atoms with E-state index in [1.54, 1.807) is 0 Å². The van der Waals surface area contributed by atoms with Crippen molar-refractivity contribution in [2.45, 2.75) is 6.42 Å². The Kier molecular flexibility index (Phi) is 1.44. The second-order valence-corrected chi connectivity index (χ2v) is 3.04. The fourth-order valence-corrected chi connectivity index (χ4v) is 1.79. The van der Waals surface area contributed by atoms with E-state index in [0.717, 1.165) is 25.0 Å². The lowest BCUT2D eigenvalue weighted by Crippen LogP contribution is -2.25. The third-order valence-electron chi connectivity index (χ3n) is 2.44. The molecule has 0 bridgehead atoms. The number of rotatable bonds is 0. The van der Waals surface area contributed by atoms with Gasteiger partial charge in [-0.15, -0.1) is 0 Å². The summed E-state index contributed by atoms with van der Waals surface area (Å²) in [6.45, 7) is 4.40. The Morgan fingerprint density at radius 1 is 1.22 bits per heavy atom. The van der Waals surface area contributed by atoms with Crippen molar-refractivity contribution >= 4 is 0 Å². The summed E-state index contributed by atoms with van der Waals surface area (Å²) in [7, 11) is 0. The Morgan fingerprint density at radius 2 is 2.11 bits per heavy atom. The summed E-state index contributed by atoms with van der Waals surface area (Å²) in [4.78, 5) is 0. The van der Waals surface area contributed by atoms with Gasteiger partial charge in [-0.2, -0.15) is 0 Å². The van der Waals surface area contributed by atoms with Gasteiger partial charge in [0, 0.05) is 13.2 Å². The Balaban J connectivity index is 1.97. The van der Waals surface area contributed by atoms with Gasteiger partial charge in [-0.1, -0.05) is 0 Å². The summed E-state index contributed by atoms with van der Waals surface area (Å²) in [6, 6.07) is 0. The lowest BCUT2D eigenvalue weighted by atomic mass is 9.92. The highest BCUT2D eigenvalue weighted by Gasteiger charge is 2.29. The number of hydrogen-bond donors (Lipinski definition) is 1. The standard InChI is InChI=1S/C7H13NO/c1-2-9-5-7-4-8-3-6(1)7/h6-8H,1-5H2/t6-,7+/m1/s1. The summed E-state index contributed by atoms with van der Waals surface area (Å²) >= 11 is 0. The molecule has 2 rings (SSSR count). The largest absolute Gasteiger partial charge is 0.381 e. The molecule has 0 aromatic carbocycles. The summed E-state index contributed by atoms with van der Waals surface area (Å²) in [5, 5.41) is 3.38. The van der Waals surface area contributed by atoms with E-state index in [0.29, 0.717) is 0 Å². The fourth-order valence-electron chi connectivity index (χ4n) is 1.79. The molecule has 0 amide bonds. The molecule has 2 aliphatic heterocycles. The van der Waals surface area contributed by atoms with Crippen LogP contribution in [0.2, 0.25) is 0 Å². The monoisotopic (exact) mass is 127 g/mol. The molecule has 52 valence electrons. The molecular formula is C7H13NO. The highest BCUT2D eigenvalue weighted by atomic mass is 16.5. The average Bonchev–Trinajstić information content (AvgIpc) is 2.33. The Morgan fingerprint density at radius 3 is 3.00 bits per heavy atom. The minimum atomic E-state index is 0.832. The second-order valence-electron chi connectivity index (χ2n) is 3.04. The molecule has 2 aliphatic rings. The molecule has 0 spiro atoms. The van der Waals surface area contributed by atoms with Crippen molar-refractivity contribution in [2.75, 3.05) is 26.3 Å². The van der Waals surface area contributed by atoms with Gasteiger partial charge in [0.2, 0.25) is 0 Å². The molecule has 0 saturated carbocycles. The van der Waals surface area contributed by atoms with Gasteiger partial charge in [-0.3, -0.25) is 0 Å². The third-order valence-corrected chi connectivity index (χ3v) is 2.44. The van der Waals surface area contributed by atoms with Gasteiger partial charge < -0.3 is 10.1 Å². The van der Waals surface area contributed by atoms with Crippen LogP contribution in [0.15, 0.2) is 0 Å². The quantitative estimate of drug-likeness (QED) is 0.503. The first-order chi connectivity index (χ1) is 4.47. The van der Waals surface area contributed by atoms with Crippen molar-refractivity contribution in [3.05, 3.63) is 0 Å². The van der Waals surface area contributed by atoms with Crippen molar-refractivity contribution in [3.8, 4) is 0 Å². The maximum atomic E-state index is 5.34. The van der Waals surface area contributed by atoms with Gasteiger partial charge >= 0.3 is 0 Å². The van der Waals surface area contributed by atoms with Crippen LogP contribution < -0.4 is 5.32 Å². The zero-order chi connectivity index (χ0) is 6.10. The van der Waals surface area contributed by atoms with Gasteiger partial charge in [-0.25, -0.2) is 0 Å². The highest BCUT2D eigenvalue weighted by molar-refractivity contribution is 4.82. The number of nitrogens with one attached hydrogen (secondary N) is 1. The average molecular weight is 127 g/mol. The molecule has 2 fully saturated rings. The number of ether oxygens (including phenoxy) is 1. The van der Waals surface area contributed by atoms with E-state index in [9.17, 15) is 0 Å². The summed E-state index contributed by atoms with van der Waals surface area (Å²) < 4.78 is 5.34. The highest BCUT2D eigenvalue weighted by Crippen LogP contribution is 2.24. The van der Waals surface area contributed by atoms with Crippen LogP contribution in [0.1, 0.15) is 6.42 Å². The molecule has 0 aromatic rings. The van der Waals surface area contributed by atoms with Gasteiger partial charge in [0.1, 0.15) is 0 Å². The Labute approximate surface area is 55.6 Å². The van der Waals surface area contributed by atoms with Crippen LogP contribution in [0.3, 0.4) is 0 Å². The summed E-state index contributed by atoms with van der Waals surface area (Å²) in [5.74, 6) is 1.76. The molecule has 0 aliphatic carbocycles. The molecule has 2 saturated heterocycles. The van der Waals surface area contributed by atoms with Crippen LogP contribution >= 0.6 is 0 Å². The van der Waals surface area contributed by atoms with Crippen molar-refractivity contribution in [2.24, 2.45) is 11.8 Å². The Bertz CT molecular complexity index is 93.1. The van der Waals surface area contributed by atoms with Crippen molar-refractivity contribution < 1.29 is 4.74 Å². The van der Waals surface area contributed by atoms with Crippen molar-refractivity contribution in [1.82, 2.24) is 5.32 Å². The maximum absolute atomic E-state index is 5.34. The number of fused-ring (bicyclic) bond motifs is 1. The molecule has 0 aromatic heterocycles. The molecule has 0 radical (unpaired) electrons. The topological polar surface area (TPSA) is 21.3 Å². The zero-order valence-corrected chi connectivity index (χ0v) is 5.60. The summed E-state index contributed by atoms with van der Waals surface area (Å²) in [5.41, 5.74) is 0. The van der Waals surface area contributed by atoms with Crippen LogP contribution in [0, 0.1) is 11.8 Å². The van der Waals surface area contributed by atoms with Gasteiger partial charge in [0.15, 0.2) is 0 Å². The maximum Gasteiger partial charge on any atom is 0.0509 e. The third kappa shape index (κ3) is 0.970. The van der Waals surface area contributed by atoms with Gasteiger partial charge in [0.25, 0.3) is 0 Å². The molecule has 0 unspecified atom stereocenters. The molecule has 1 N–H and O–H groups in total. The Hall–Kier alpha value is -0.0800. The molecule has 2 heteroatoms. The lowest BCUT2D eigenvalue weighted by molar-refractivity contribution is 0.0372. The SMILES string of the molecule is C1C[C@@H]2CNC[C@H]2CO1.